The Morgan fingerprint density at radius 3 is 2.05 bits per heavy atom. The number of likely N-dealkylation sites (N-methyl/N-ethyl adjacent to an activating group) is 1. The van der Waals surface area contributed by atoms with Crippen LogP contribution in [-0.4, -0.2) is 66.7 Å². The van der Waals surface area contributed by atoms with E-state index in [1.165, 1.54) is 11.1 Å². The third-order valence-corrected chi connectivity index (χ3v) is 11.0. The highest BCUT2D eigenvalue weighted by Gasteiger charge is 2.21. The fourth-order valence-corrected chi connectivity index (χ4v) is 7.79. The van der Waals surface area contributed by atoms with E-state index < -0.39 is 0 Å². The molecule has 1 aliphatic heterocycles. The molecule has 9 heteroatoms. The number of unbranched alkanes of at least 4 members (excludes halogenated alkanes) is 5. The average molecular weight is 821 g/mol. The number of hydrogen-bond acceptors (Lipinski definition) is 7. The molecule has 1 aliphatic rings. The number of allylic oxidation sites excluding steroid dienone is 2. The second-order valence-corrected chi connectivity index (χ2v) is 15.8. The predicted molar refractivity (Wildman–Crippen MR) is 247 cm³/mol. The van der Waals surface area contributed by atoms with Gasteiger partial charge in [-0.2, -0.15) is 0 Å². The van der Waals surface area contributed by atoms with Crippen LogP contribution in [0.3, 0.4) is 0 Å². The molecule has 318 valence electrons. The number of methoxy groups -OCH3 is 1. The normalized spacial score (nSPS) is 13.6. The zero-order valence-electron chi connectivity index (χ0n) is 36.6. The monoisotopic (exact) mass is 820 g/mol. The largest absolute Gasteiger partial charge is 0.494 e. The molecule has 0 amide bonds. The van der Waals surface area contributed by atoms with Crippen LogP contribution in [0.2, 0.25) is 0 Å². The van der Waals surface area contributed by atoms with E-state index in [0.29, 0.717) is 36.7 Å². The molecule has 0 aliphatic carbocycles. The number of aliphatic imine (C=N–C) groups is 1. The van der Waals surface area contributed by atoms with Gasteiger partial charge in [0.25, 0.3) is 0 Å². The molecule has 0 saturated heterocycles. The highest BCUT2D eigenvalue weighted by molar-refractivity contribution is 6.11. The number of esters is 1. The molecule has 5 aromatic rings. The van der Waals surface area contributed by atoms with Gasteiger partial charge >= 0.3 is 5.97 Å². The first-order valence-corrected chi connectivity index (χ1v) is 21.5. The van der Waals surface area contributed by atoms with Crippen molar-refractivity contribution < 1.29 is 23.8 Å². The fraction of sp³-hybridized carbons (Fsp3) is 0.327. The van der Waals surface area contributed by atoms with Crippen LogP contribution < -0.4 is 9.47 Å². The average Bonchev–Trinajstić information content (AvgIpc) is 4.01. The smallest absolute Gasteiger partial charge is 0.311 e. The molecule has 0 spiro atoms. The van der Waals surface area contributed by atoms with Crippen molar-refractivity contribution in [2.24, 2.45) is 4.99 Å². The maximum Gasteiger partial charge on any atom is 0.311 e. The minimum absolute atomic E-state index is 0.154. The Balaban J connectivity index is 0.950. The Bertz CT molecular complexity index is 2350. The van der Waals surface area contributed by atoms with Crippen molar-refractivity contribution in [2.45, 2.75) is 78.6 Å². The van der Waals surface area contributed by atoms with E-state index in [0.717, 1.165) is 108 Å². The lowest BCUT2D eigenvalue weighted by Gasteiger charge is -2.17. The summed E-state index contributed by atoms with van der Waals surface area (Å²) in [6, 6.07) is 30.6. The van der Waals surface area contributed by atoms with Crippen LogP contribution in [0.15, 0.2) is 120 Å². The number of Topliss-reactive ketones (excluding diaryl/α,β-unsaturated/α-hetero) is 1. The summed E-state index contributed by atoms with van der Waals surface area (Å²) in [7, 11) is 5.71. The van der Waals surface area contributed by atoms with Gasteiger partial charge in [0.1, 0.15) is 29.6 Å². The zero-order valence-corrected chi connectivity index (χ0v) is 36.6. The summed E-state index contributed by atoms with van der Waals surface area (Å²) in [6.07, 6.45) is 13.0. The van der Waals surface area contributed by atoms with Gasteiger partial charge in [0.15, 0.2) is 5.78 Å². The molecule has 2 aromatic heterocycles. The van der Waals surface area contributed by atoms with Gasteiger partial charge in [-0.25, -0.2) is 4.99 Å². The van der Waals surface area contributed by atoms with E-state index >= 15 is 0 Å². The van der Waals surface area contributed by atoms with E-state index in [2.05, 4.69) is 58.2 Å². The zero-order chi connectivity index (χ0) is 43.1. The Hall–Kier alpha value is -6.19. The summed E-state index contributed by atoms with van der Waals surface area (Å²) in [4.78, 5) is 39.6. The minimum atomic E-state index is -0.222. The van der Waals surface area contributed by atoms with E-state index in [9.17, 15) is 9.59 Å². The molecule has 0 atom stereocenters. The topological polar surface area (TPSA) is 109 Å². The number of hydrogen-bond donors (Lipinski definition) is 2. The van der Waals surface area contributed by atoms with E-state index in [-0.39, 0.29) is 11.8 Å². The number of ether oxygens (including phenoxy) is 3. The number of ketones is 1. The molecule has 6 rings (SSSR count). The van der Waals surface area contributed by atoms with Crippen LogP contribution in [0, 0.1) is 13.8 Å². The van der Waals surface area contributed by atoms with Crippen molar-refractivity contribution in [1.29, 1.82) is 0 Å². The molecular weight excluding hydrogens is 761 g/mol. The van der Waals surface area contributed by atoms with E-state index in [4.69, 9.17) is 19.2 Å². The highest BCUT2D eigenvalue weighted by Crippen LogP contribution is 2.36. The maximum atomic E-state index is 13.3. The van der Waals surface area contributed by atoms with Gasteiger partial charge in [0.2, 0.25) is 0 Å². The summed E-state index contributed by atoms with van der Waals surface area (Å²) in [6.45, 7) is 7.59. The van der Waals surface area contributed by atoms with Crippen molar-refractivity contribution in [1.82, 2.24) is 14.9 Å². The number of benzene rings is 3. The lowest BCUT2D eigenvalue weighted by atomic mass is 9.88. The second kappa shape index (κ2) is 21.9. The number of nitrogens with zero attached hydrogens (tertiary/aromatic N) is 2. The van der Waals surface area contributed by atoms with Gasteiger partial charge in [-0.15, -0.1) is 0 Å². The van der Waals surface area contributed by atoms with Crippen molar-refractivity contribution in [3.05, 3.63) is 160 Å². The Morgan fingerprint density at radius 1 is 0.770 bits per heavy atom. The molecule has 3 heterocycles. The Morgan fingerprint density at radius 2 is 1.43 bits per heavy atom. The molecule has 0 unspecified atom stereocenters. The van der Waals surface area contributed by atoms with Gasteiger partial charge in [0, 0.05) is 48.6 Å². The number of carbonyl (C=O) groups excluding carboxylic acids is 2. The Labute approximate surface area is 361 Å². The predicted octanol–water partition coefficient (Wildman–Crippen LogP) is 11.6. The van der Waals surface area contributed by atoms with Crippen LogP contribution in [0.25, 0.3) is 17.2 Å². The first-order chi connectivity index (χ1) is 29.6. The third kappa shape index (κ3) is 12.0. The fourth-order valence-electron chi connectivity index (χ4n) is 7.79. The summed E-state index contributed by atoms with van der Waals surface area (Å²) in [5.41, 5.74) is 11.6. The molecule has 2 N–H and O–H groups in total. The lowest BCUT2D eigenvalue weighted by molar-refractivity contribution is -0.134. The number of rotatable bonds is 22. The van der Waals surface area contributed by atoms with Gasteiger partial charge in [-0.3, -0.25) is 9.59 Å². The first kappa shape index (κ1) is 44.4. The first-order valence-electron chi connectivity index (χ1n) is 21.5. The SMILES string of the molecule is CC/C(=C(/c1ccc(OCCN(C)C)cc1)c1ccc(OC(=O)CCCCCCCCC(=O)c2c(C)[nH]c(/C=C3\N=C(c4ccc[nH]4)C=C3OC)c2C)cc1)c1ccccc1. The number of carbonyl (C=O) groups is 2. The van der Waals surface area contributed by atoms with Crippen molar-refractivity contribution >= 4 is 34.7 Å². The minimum Gasteiger partial charge on any atom is -0.494 e. The number of aryl methyl sites for hydroxylation is 1. The molecule has 0 bridgehead atoms. The number of aromatic nitrogens is 2. The highest BCUT2D eigenvalue weighted by atomic mass is 16.5. The molecule has 3 aromatic carbocycles. The van der Waals surface area contributed by atoms with E-state index in [1.54, 1.807) is 7.11 Å². The number of aromatic amines is 2. The van der Waals surface area contributed by atoms with Crippen molar-refractivity contribution in [3.8, 4) is 11.5 Å². The molecule has 0 radical (unpaired) electrons. The van der Waals surface area contributed by atoms with Crippen molar-refractivity contribution in [2.75, 3.05) is 34.4 Å². The van der Waals surface area contributed by atoms with Crippen LogP contribution in [-0.2, 0) is 9.53 Å². The molecule has 61 heavy (non-hydrogen) atoms. The molecule has 0 fully saturated rings. The van der Waals surface area contributed by atoms with Crippen molar-refractivity contribution in [3.63, 3.8) is 0 Å². The molecule has 0 saturated carbocycles. The Kier molecular flexibility index (Phi) is 15.9. The van der Waals surface area contributed by atoms with Crippen LogP contribution in [0.5, 0.6) is 11.5 Å². The van der Waals surface area contributed by atoms with Gasteiger partial charge in [-0.1, -0.05) is 87.2 Å². The van der Waals surface area contributed by atoms with Gasteiger partial charge in [0.05, 0.1) is 18.5 Å². The standard InChI is InChI=1S/C52H60N4O5/c1-7-43(38-18-13-12-14-19-38)52(39-23-27-41(28-24-39)60-33-32-56(4)5)40-25-29-42(30-26-40)61-50(58)22-16-11-9-8-10-15-21-48(57)51-36(2)45(54-37(51)3)34-47-49(59-6)35-46(55-47)44-20-17-31-53-44/h12-14,17-20,23-31,34-35,53-54H,7-11,15-16,21-22,32-33H2,1-6H3/b47-34-,52-43+. The third-order valence-electron chi connectivity index (χ3n) is 11.0. The van der Waals surface area contributed by atoms with E-state index in [1.807, 2.05) is 101 Å². The van der Waals surface area contributed by atoms with Gasteiger partial charge < -0.3 is 29.1 Å². The van der Waals surface area contributed by atoms with Crippen LogP contribution in [0.1, 0.15) is 114 Å². The summed E-state index contributed by atoms with van der Waals surface area (Å²) in [5, 5.41) is 0. The molecular formula is C52H60N4O5. The lowest BCUT2D eigenvalue weighted by Crippen LogP contribution is -2.19. The number of nitrogens with one attached hydrogen (secondary N) is 2. The quantitative estimate of drug-likeness (QED) is 0.0237. The summed E-state index contributed by atoms with van der Waals surface area (Å²) < 4.78 is 17.3. The molecule has 9 nitrogen and oxygen atoms in total. The van der Waals surface area contributed by atoms with Crippen LogP contribution in [0.4, 0.5) is 0 Å². The van der Waals surface area contributed by atoms with Gasteiger partial charge in [-0.05, 0) is 123 Å². The summed E-state index contributed by atoms with van der Waals surface area (Å²) in [5.74, 6) is 2.00. The second-order valence-electron chi connectivity index (χ2n) is 15.8. The summed E-state index contributed by atoms with van der Waals surface area (Å²) >= 11 is 0. The number of H-pyrrole nitrogens is 2. The maximum absolute atomic E-state index is 13.3. The van der Waals surface area contributed by atoms with Crippen LogP contribution >= 0.6 is 0 Å².